The van der Waals surface area contributed by atoms with Gasteiger partial charge in [0, 0.05) is 13.5 Å². The number of rotatable bonds is 5. The summed E-state index contributed by atoms with van der Waals surface area (Å²) in [4.78, 5) is 35.9. The Kier molecular flexibility index (Phi) is 6.29. The third-order valence-corrected chi connectivity index (χ3v) is 4.77. The first kappa shape index (κ1) is 20.6. The minimum absolute atomic E-state index is 0. The maximum absolute atomic E-state index is 12.2. The zero-order chi connectivity index (χ0) is 18.3. The number of fused-ring (bicyclic) bond motifs is 1. The molecule has 1 fully saturated rings. The van der Waals surface area contributed by atoms with Crippen molar-refractivity contribution in [3.8, 4) is 0 Å². The Labute approximate surface area is 173 Å². The van der Waals surface area contributed by atoms with Gasteiger partial charge in [-0.1, -0.05) is 24.3 Å². The molecule has 0 aliphatic carbocycles. The van der Waals surface area contributed by atoms with Gasteiger partial charge in [0.25, 0.3) is 0 Å². The molecule has 0 saturated carbocycles. The van der Waals surface area contributed by atoms with Gasteiger partial charge < -0.3 is 25.2 Å². The maximum Gasteiger partial charge on any atom is 1.00 e. The van der Waals surface area contributed by atoms with Crippen molar-refractivity contribution < 1.29 is 54.2 Å². The van der Waals surface area contributed by atoms with Crippen LogP contribution < -0.4 is 40.0 Å². The molecule has 1 aromatic rings. The van der Waals surface area contributed by atoms with Gasteiger partial charge in [0.05, 0.1) is 29.7 Å². The van der Waals surface area contributed by atoms with E-state index in [1.165, 1.54) is 18.7 Å². The molecular weight excluding hydrogens is 347 g/mol. The number of aliphatic carboxylic acids is 1. The number of hydrogen-bond donors (Lipinski definition) is 2. The Morgan fingerprint density at radius 1 is 1.35 bits per heavy atom. The molecule has 2 aliphatic rings. The van der Waals surface area contributed by atoms with Crippen molar-refractivity contribution in [3.05, 3.63) is 41.1 Å². The van der Waals surface area contributed by atoms with E-state index >= 15 is 0 Å². The molecule has 8 heteroatoms. The van der Waals surface area contributed by atoms with Gasteiger partial charge in [0.15, 0.2) is 0 Å². The predicted octanol–water partition coefficient (Wildman–Crippen LogP) is -3.60. The van der Waals surface area contributed by atoms with E-state index in [1.807, 2.05) is 0 Å². The van der Waals surface area contributed by atoms with Gasteiger partial charge in [0.2, 0.25) is 11.8 Å². The second-order valence-corrected chi connectivity index (χ2v) is 6.47. The summed E-state index contributed by atoms with van der Waals surface area (Å²) >= 11 is 0. The van der Waals surface area contributed by atoms with Crippen molar-refractivity contribution >= 4 is 23.4 Å². The van der Waals surface area contributed by atoms with Crippen molar-refractivity contribution in [1.82, 2.24) is 10.2 Å². The SMILES string of the molecule is CC(=O)NCc1ccc(C2=C(C(=O)[O-])N3C(=O)[C@@H]([C@@H](C)O)[C@H]3C2)cc1.[Na+]. The Balaban J connectivity index is 0.00000243. The van der Waals surface area contributed by atoms with E-state index in [1.54, 1.807) is 24.3 Å². The molecule has 26 heavy (non-hydrogen) atoms. The number of carbonyl (C=O) groups excluding carboxylic acids is 3. The number of amides is 2. The van der Waals surface area contributed by atoms with Crippen LogP contribution in [0.4, 0.5) is 0 Å². The van der Waals surface area contributed by atoms with Crippen LogP contribution in [0.15, 0.2) is 30.0 Å². The molecule has 2 amide bonds. The number of carbonyl (C=O) groups is 3. The van der Waals surface area contributed by atoms with Crippen LogP contribution in [0.3, 0.4) is 0 Å². The minimum Gasteiger partial charge on any atom is -0.543 e. The van der Waals surface area contributed by atoms with Crippen LogP contribution in [0.2, 0.25) is 0 Å². The predicted molar refractivity (Wildman–Crippen MR) is 86.3 cm³/mol. The van der Waals surface area contributed by atoms with Gasteiger partial charge in [-0.15, -0.1) is 0 Å². The monoisotopic (exact) mass is 366 g/mol. The van der Waals surface area contributed by atoms with Gasteiger partial charge in [0.1, 0.15) is 0 Å². The fraction of sp³-hybridized carbons (Fsp3) is 0.389. The number of nitrogens with one attached hydrogen (secondary N) is 1. The molecule has 132 valence electrons. The molecule has 1 aromatic carbocycles. The van der Waals surface area contributed by atoms with Gasteiger partial charge >= 0.3 is 29.6 Å². The molecule has 0 radical (unpaired) electrons. The molecule has 2 N–H and O–H groups in total. The summed E-state index contributed by atoms with van der Waals surface area (Å²) in [5.74, 6) is -2.48. The third kappa shape index (κ3) is 3.57. The molecule has 0 bridgehead atoms. The average Bonchev–Trinajstić information content (AvgIpc) is 2.88. The second kappa shape index (κ2) is 7.92. The summed E-state index contributed by atoms with van der Waals surface area (Å²) in [6, 6.07) is 6.80. The number of nitrogens with zero attached hydrogens (tertiary/aromatic N) is 1. The van der Waals surface area contributed by atoms with Crippen molar-refractivity contribution in [3.63, 3.8) is 0 Å². The molecule has 3 atom stereocenters. The van der Waals surface area contributed by atoms with Crippen molar-refractivity contribution in [1.29, 1.82) is 0 Å². The fourth-order valence-electron chi connectivity index (χ4n) is 3.57. The van der Waals surface area contributed by atoms with Crippen LogP contribution in [0.1, 0.15) is 31.4 Å². The van der Waals surface area contributed by atoms with Gasteiger partial charge in [-0.2, -0.15) is 0 Å². The number of carboxylic acid groups (broad SMARTS) is 1. The van der Waals surface area contributed by atoms with E-state index < -0.39 is 18.0 Å². The molecule has 2 aliphatic heterocycles. The van der Waals surface area contributed by atoms with E-state index in [0.717, 1.165) is 5.56 Å². The van der Waals surface area contributed by atoms with E-state index in [-0.39, 0.29) is 53.1 Å². The molecule has 3 rings (SSSR count). The number of β-lactam (4-membered cyclic amide) rings is 1. The van der Waals surface area contributed by atoms with Gasteiger partial charge in [-0.25, -0.2) is 0 Å². The fourth-order valence-corrected chi connectivity index (χ4v) is 3.57. The normalized spacial score (nSPS) is 22.3. The number of aliphatic hydroxyl groups is 1. The topological polar surface area (TPSA) is 110 Å². The number of aliphatic hydroxyl groups excluding tert-OH is 1. The van der Waals surface area contributed by atoms with Crippen LogP contribution in [0, 0.1) is 5.92 Å². The van der Waals surface area contributed by atoms with Crippen LogP contribution in [-0.2, 0) is 20.9 Å². The second-order valence-electron chi connectivity index (χ2n) is 6.47. The summed E-state index contributed by atoms with van der Waals surface area (Å²) in [7, 11) is 0. The molecule has 2 heterocycles. The number of hydrogen-bond acceptors (Lipinski definition) is 5. The van der Waals surface area contributed by atoms with Crippen LogP contribution in [-0.4, -0.2) is 39.9 Å². The Morgan fingerprint density at radius 3 is 2.46 bits per heavy atom. The molecular formula is C18H19N2NaO5. The maximum atomic E-state index is 12.2. The first-order chi connectivity index (χ1) is 11.8. The summed E-state index contributed by atoms with van der Waals surface area (Å²) < 4.78 is 0. The van der Waals surface area contributed by atoms with Gasteiger partial charge in [-0.3, -0.25) is 9.59 Å². The quantitative estimate of drug-likeness (QED) is 0.413. The van der Waals surface area contributed by atoms with E-state index in [2.05, 4.69) is 5.32 Å². The summed E-state index contributed by atoms with van der Waals surface area (Å²) in [6.45, 7) is 3.36. The minimum atomic E-state index is -1.39. The van der Waals surface area contributed by atoms with E-state index in [0.29, 0.717) is 24.1 Å². The summed E-state index contributed by atoms with van der Waals surface area (Å²) in [5.41, 5.74) is 2.00. The number of carboxylic acids is 1. The first-order valence-corrected chi connectivity index (χ1v) is 8.10. The molecule has 0 spiro atoms. The number of benzene rings is 1. The van der Waals surface area contributed by atoms with Gasteiger partial charge in [-0.05, 0) is 30.0 Å². The van der Waals surface area contributed by atoms with E-state index in [4.69, 9.17) is 0 Å². The van der Waals surface area contributed by atoms with E-state index in [9.17, 15) is 24.6 Å². The zero-order valence-electron chi connectivity index (χ0n) is 15.0. The zero-order valence-corrected chi connectivity index (χ0v) is 17.0. The third-order valence-electron chi connectivity index (χ3n) is 4.77. The Morgan fingerprint density at radius 2 is 1.96 bits per heavy atom. The molecule has 0 aromatic heterocycles. The van der Waals surface area contributed by atoms with Crippen molar-refractivity contribution in [2.45, 2.75) is 39.0 Å². The summed E-state index contributed by atoms with van der Waals surface area (Å²) in [6.07, 6.45) is -0.452. The smallest absolute Gasteiger partial charge is 0.543 e. The Bertz CT molecular complexity index is 772. The standard InChI is InChI=1S/C18H20N2O5.Na/c1-9(21)15-14-7-13(16(18(24)25)20(14)17(15)23)12-5-3-11(4-6-12)8-19-10(2)22;/h3-6,9,14-15,21H,7-8H2,1-2H3,(H,19,22)(H,24,25);/q;+1/p-1/t9-,14-,15+;/m1./s1. The van der Waals surface area contributed by atoms with Crippen LogP contribution >= 0.6 is 0 Å². The summed E-state index contributed by atoms with van der Waals surface area (Å²) in [5, 5.41) is 24.0. The first-order valence-electron chi connectivity index (χ1n) is 8.10. The largest absolute Gasteiger partial charge is 1.00 e. The van der Waals surface area contributed by atoms with Crippen molar-refractivity contribution in [2.24, 2.45) is 5.92 Å². The van der Waals surface area contributed by atoms with Crippen LogP contribution in [0.5, 0.6) is 0 Å². The van der Waals surface area contributed by atoms with Crippen molar-refractivity contribution in [2.75, 3.05) is 0 Å². The van der Waals surface area contributed by atoms with Crippen LogP contribution in [0.25, 0.3) is 5.57 Å². The Hall–Kier alpha value is -1.67. The average molecular weight is 366 g/mol. The molecule has 7 nitrogen and oxygen atoms in total. The molecule has 1 saturated heterocycles. The molecule has 0 unspecified atom stereocenters.